The van der Waals surface area contributed by atoms with Crippen LogP contribution < -0.4 is 10.1 Å². The number of aliphatic hydroxyl groups is 2. The summed E-state index contributed by atoms with van der Waals surface area (Å²) in [5.74, 6) is -1.49. The lowest BCUT2D eigenvalue weighted by Gasteiger charge is -2.15. The molecule has 0 saturated carbocycles. The van der Waals surface area contributed by atoms with Crippen molar-refractivity contribution in [2.75, 3.05) is 26.9 Å². The Hall–Kier alpha value is -3.27. The molecule has 1 saturated heterocycles. The zero-order chi connectivity index (χ0) is 25.6. The molecule has 1 aromatic heterocycles. The quantitative estimate of drug-likeness (QED) is 0.372. The van der Waals surface area contributed by atoms with Gasteiger partial charge in [0.05, 0.1) is 19.6 Å². The van der Waals surface area contributed by atoms with Gasteiger partial charge in [0.15, 0.2) is 0 Å². The molecule has 0 aliphatic carbocycles. The smallest absolute Gasteiger partial charge is 0.467 e. The molecule has 1 aromatic carbocycles. The number of esters is 1. The van der Waals surface area contributed by atoms with E-state index in [1.807, 2.05) is 0 Å². The van der Waals surface area contributed by atoms with Crippen LogP contribution in [-0.2, 0) is 30.2 Å². The molecule has 2 aromatic rings. The molecule has 1 aliphatic heterocycles. The number of hydrogen-bond acceptors (Lipinski definition) is 11. The summed E-state index contributed by atoms with van der Waals surface area (Å²) in [6.45, 7) is -0.959. The fourth-order valence-corrected chi connectivity index (χ4v) is 3.15. The van der Waals surface area contributed by atoms with E-state index in [4.69, 9.17) is 14.0 Å². The Balaban J connectivity index is 1.50. The zero-order valence-corrected chi connectivity index (χ0v) is 18.2. The van der Waals surface area contributed by atoms with Gasteiger partial charge in [-0.05, 0) is 24.3 Å². The highest BCUT2D eigenvalue weighted by Crippen LogP contribution is 2.27. The first-order chi connectivity index (χ1) is 16.6. The molecule has 3 N–H and O–H groups in total. The average molecular weight is 505 g/mol. The minimum Gasteiger partial charge on any atom is -0.467 e. The van der Waals surface area contributed by atoms with Crippen molar-refractivity contribution >= 4 is 11.9 Å². The van der Waals surface area contributed by atoms with Crippen LogP contribution in [0.2, 0.25) is 0 Å². The molecule has 15 heteroatoms. The molecule has 35 heavy (non-hydrogen) atoms. The van der Waals surface area contributed by atoms with Crippen molar-refractivity contribution in [3.8, 4) is 17.1 Å². The van der Waals surface area contributed by atoms with Crippen LogP contribution in [0.3, 0.4) is 0 Å². The maximum Gasteiger partial charge on any atom is 0.573 e. The number of rotatable bonds is 10. The summed E-state index contributed by atoms with van der Waals surface area (Å²) in [4.78, 5) is 26.8. The molecule has 4 unspecified atom stereocenters. The Morgan fingerprint density at radius 2 is 1.80 bits per heavy atom. The highest BCUT2D eigenvalue weighted by atomic mass is 19.4. The van der Waals surface area contributed by atoms with E-state index in [0.717, 1.165) is 12.1 Å². The third-order valence-electron chi connectivity index (χ3n) is 4.83. The van der Waals surface area contributed by atoms with E-state index in [9.17, 15) is 33.0 Å². The number of hydrogen-bond donors (Lipinski definition) is 3. The minimum atomic E-state index is -4.81. The average Bonchev–Trinajstić information content (AvgIpc) is 3.37. The van der Waals surface area contributed by atoms with Crippen LogP contribution in [0.25, 0.3) is 11.4 Å². The van der Waals surface area contributed by atoms with Gasteiger partial charge >= 0.3 is 12.3 Å². The van der Waals surface area contributed by atoms with Crippen molar-refractivity contribution in [3.63, 3.8) is 0 Å². The number of halogens is 3. The van der Waals surface area contributed by atoms with Crippen LogP contribution in [0.1, 0.15) is 5.89 Å². The lowest BCUT2D eigenvalue weighted by Crippen LogP contribution is -2.41. The Kier molecular flexibility index (Phi) is 8.61. The van der Waals surface area contributed by atoms with Gasteiger partial charge in [0.1, 0.15) is 37.3 Å². The maximum atomic E-state index is 12.3. The van der Waals surface area contributed by atoms with E-state index in [1.54, 1.807) is 0 Å². The second-order valence-corrected chi connectivity index (χ2v) is 7.36. The summed E-state index contributed by atoms with van der Waals surface area (Å²) in [7, 11) is 1.18. The van der Waals surface area contributed by atoms with Gasteiger partial charge in [0.25, 0.3) is 0 Å². The van der Waals surface area contributed by atoms with Crippen molar-refractivity contribution < 1.29 is 56.4 Å². The molecule has 0 radical (unpaired) electrons. The number of nitrogens with zero attached hydrogens (tertiary/aromatic N) is 2. The molecule has 2 heterocycles. The minimum absolute atomic E-state index is 0.0489. The number of carbonyl (C=O) groups excluding carboxylic acids is 2. The van der Waals surface area contributed by atoms with E-state index < -0.39 is 61.6 Å². The second kappa shape index (κ2) is 11.4. The van der Waals surface area contributed by atoms with Crippen LogP contribution in [0.15, 0.2) is 28.8 Å². The first-order valence-electron chi connectivity index (χ1n) is 10.2. The number of carbonyl (C=O) groups is 2. The van der Waals surface area contributed by atoms with Gasteiger partial charge in [0.2, 0.25) is 17.6 Å². The summed E-state index contributed by atoms with van der Waals surface area (Å²) in [5, 5.41) is 26.7. The van der Waals surface area contributed by atoms with E-state index >= 15 is 0 Å². The van der Waals surface area contributed by atoms with E-state index in [2.05, 4.69) is 24.9 Å². The monoisotopic (exact) mass is 505 g/mol. The van der Waals surface area contributed by atoms with Crippen LogP contribution >= 0.6 is 0 Å². The summed E-state index contributed by atoms with van der Waals surface area (Å²) in [6, 6.07) is 4.82. The number of ether oxygens (including phenoxy) is 4. The van der Waals surface area contributed by atoms with Gasteiger partial charge in [-0.25, -0.2) is 4.79 Å². The number of alkyl halides is 3. The van der Waals surface area contributed by atoms with Gasteiger partial charge in [0, 0.05) is 12.1 Å². The third kappa shape index (κ3) is 7.61. The molecular formula is C20H22F3N3O9. The van der Waals surface area contributed by atoms with Gasteiger partial charge in [-0.3, -0.25) is 4.79 Å². The Bertz CT molecular complexity index is 1000. The van der Waals surface area contributed by atoms with Gasteiger partial charge < -0.3 is 39.0 Å². The Morgan fingerprint density at radius 3 is 2.46 bits per heavy atom. The van der Waals surface area contributed by atoms with Crippen LogP contribution in [-0.4, -0.2) is 89.9 Å². The highest BCUT2D eigenvalue weighted by molar-refractivity contribution is 5.77. The maximum absolute atomic E-state index is 12.3. The van der Waals surface area contributed by atoms with E-state index in [0.29, 0.717) is 5.56 Å². The van der Waals surface area contributed by atoms with Crippen LogP contribution in [0.5, 0.6) is 5.75 Å². The van der Waals surface area contributed by atoms with Crippen LogP contribution in [0.4, 0.5) is 13.2 Å². The number of nitrogens with one attached hydrogen (secondary N) is 1. The summed E-state index contributed by atoms with van der Waals surface area (Å²) >= 11 is 0. The Morgan fingerprint density at radius 1 is 1.11 bits per heavy atom. The van der Waals surface area contributed by atoms with Crippen molar-refractivity contribution in [3.05, 3.63) is 30.2 Å². The number of aromatic nitrogens is 2. The molecule has 192 valence electrons. The topological polar surface area (TPSA) is 162 Å². The molecule has 12 nitrogen and oxygen atoms in total. The van der Waals surface area contributed by atoms with Gasteiger partial charge in [-0.1, -0.05) is 5.16 Å². The van der Waals surface area contributed by atoms with Crippen molar-refractivity contribution in [2.45, 2.75) is 37.2 Å². The van der Waals surface area contributed by atoms with Crippen molar-refractivity contribution in [1.82, 2.24) is 15.5 Å². The molecule has 4 atom stereocenters. The lowest BCUT2D eigenvalue weighted by atomic mass is 10.1. The van der Waals surface area contributed by atoms with Crippen LogP contribution in [0, 0.1) is 0 Å². The van der Waals surface area contributed by atoms with Gasteiger partial charge in [-0.15, -0.1) is 13.2 Å². The molecule has 3 rings (SSSR count). The number of aliphatic hydroxyl groups excluding tert-OH is 2. The first kappa shape index (κ1) is 26.3. The normalized spacial score (nSPS) is 22.1. The standard InChI is InChI=1S/C20H22F3N3O9/c1-31-16(28)9-32-8-14(27)24-7-13-18(30)17(29)12(33-13)6-15-25-19(26-35-15)10-2-4-11(5-3-10)34-20(21,22)23/h2-5,12-13,17-18,29-30H,6-9H2,1H3,(H,24,27). The van der Waals surface area contributed by atoms with Crippen molar-refractivity contribution in [1.29, 1.82) is 0 Å². The summed E-state index contributed by atoms with van der Waals surface area (Å²) in [6.07, 6.45) is -9.40. The SMILES string of the molecule is COC(=O)COCC(=O)NCC1OC(Cc2nc(-c3ccc(OC(F)(F)F)cc3)no2)C(O)C1O. The molecule has 1 aliphatic rings. The second-order valence-electron chi connectivity index (χ2n) is 7.36. The largest absolute Gasteiger partial charge is 0.573 e. The van der Waals surface area contributed by atoms with Crippen molar-refractivity contribution in [2.24, 2.45) is 0 Å². The number of methoxy groups -OCH3 is 1. The predicted octanol–water partition coefficient (Wildman–Crippen LogP) is -0.0273. The Labute approximate surface area is 195 Å². The molecule has 0 spiro atoms. The predicted molar refractivity (Wildman–Crippen MR) is 107 cm³/mol. The molecule has 1 fully saturated rings. The molecule has 1 amide bonds. The fourth-order valence-electron chi connectivity index (χ4n) is 3.15. The van der Waals surface area contributed by atoms with Gasteiger partial charge in [-0.2, -0.15) is 4.98 Å². The number of amides is 1. The van der Waals surface area contributed by atoms with E-state index in [-0.39, 0.29) is 24.7 Å². The highest BCUT2D eigenvalue weighted by Gasteiger charge is 2.43. The van der Waals surface area contributed by atoms with E-state index in [1.165, 1.54) is 19.2 Å². The fraction of sp³-hybridized carbons (Fsp3) is 0.500. The molecular weight excluding hydrogens is 483 g/mol. The third-order valence-corrected chi connectivity index (χ3v) is 4.83. The zero-order valence-electron chi connectivity index (χ0n) is 18.2. The summed E-state index contributed by atoms with van der Waals surface area (Å²) in [5.41, 5.74) is 0.359. The first-order valence-corrected chi connectivity index (χ1v) is 10.2. The number of benzene rings is 1. The molecule has 0 bridgehead atoms. The summed E-state index contributed by atoms with van der Waals surface area (Å²) < 4.78 is 60.6. The lowest BCUT2D eigenvalue weighted by molar-refractivity contribution is -0.274.